The molecular formula is C15H18N2S2. The molecule has 19 heavy (non-hydrogen) atoms. The fourth-order valence-electron chi connectivity index (χ4n) is 2.38. The van der Waals surface area contributed by atoms with Gasteiger partial charge in [-0.2, -0.15) is 11.8 Å². The van der Waals surface area contributed by atoms with Crippen LogP contribution in [0.3, 0.4) is 0 Å². The topological polar surface area (TPSA) is 24.9 Å². The maximum atomic E-state index is 4.89. The molecule has 0 saturated carbocycles. The first-order valence-electron chi connectivity index (χ1n) is 6.69. The first-order valence-corrected chi connectivity index (χ1v) is 8.56. The Morgan fingerprint density at radius 1 is 1.32 bits per heavy atom. The fourth-order valence-corrected chi connectivity index (χ4v) is 4.98. The van der Waals surface area contributed by atoms with Gasteiger partial charge in [-0.3, -0.25) is 0 Å². The quantitative estimate of drug-likeness (QED) is 0.917. The highest BCUT2D eigenvalue weighted by atomic mass is 32.2. The number of aromatic nitrogens is 1. The Kier molecular flexibility index (Phi) is 4.21. The minimum absolute atomic E-state index is 0.623. The summed E-state index contributed by atoms with van der Waals surface area (Å²) in [6.07, 6.45) is 2.61. The van der Waals surface area contributed by atoms with Crippen molar-refractivity contribution in [3.63, 3.8) is 0 Å². The first kappa shape index (κ1) is 13.2. The van der Waals surface area contributed by atoms with Gasteiger partial charge in [0.05, 0.1) is 15.8 Å². The zero-order valence-corrected chi connectivity index (χ0v) is 12.7. The average molecular weight is 290 g/mol. The van der Waals surface area contributed by atoms with E-state index in [1.54, 1.807) is 0 Å². The number of hydrogen-bond acceptors (Lipinski definition) is 4. The van der Waals surface area contributed by atoms with Crippen molar-refractivity contribution in [3.05, 3.63) is 41.0 Å². The van der Waals surface area contributed by atoms with Crippen LogP contribution in [0.25, 0.3) is 10.4 Å². The summed E-state index contributed by atoms with van der Waals surface area (Å²) in [6, 6.07) is 10.6. The lowest BCUT2D eigenvalue weighted by molar-refractivity contribution is 0.778. The van der Waals surface area contributed by atoms with Crippen molar-refractivity contribution >= 4 is 23.1 Å². The first-order chi connectivity index (χ1) is 9.38. The molecule has 1 unspecified atom stereocenters. The van der Waals surface area contributed by atoms with E-state index in [9.17, 15) is 0 Å². The molecule has 1 atom stereocenters. The standard InChI is InChI=1S/C15H18N2S2/c1-16-10-12-14(11-6-3-2-4-7-11)19-15(17-12)13-8-5-9-18-13/h2-4,6-7,13,16H,5,8-10H2,1H3. The van der Waals surface area contributed by atoms with Crippen LogP contribution in [-0.2, 0) is 6.54 Å². The van der Waals surface area contributed by atoms with Gasteiger partial charge in [0, 0.05) is 6.54 Å². The maximum Gasteiger partial charge on any atom is 0.107 e. The van der Waals surface area contributed by atoms with Crippen molar-refractivity contribution in [2.24, 2.45) is 0 Å². The van der Waals surface area contributed by atoms with Crippen LogP contribution in [0.5, 0.6) is 0 Å². The van der Waals surface area contributed by atoms with Crippen LogP contribution in [0, 0.1) is 0 Å². The molecule has 0 bridgehead atoms. The Morgan fingerprint density at radius 2 is 2.16 bits per heavy atom. The molecule has 0 amide bonds. The van der Waals surface area contributed by atoms with Crippen LogP contribution in [0.2, 0.25) is 0 Å². The van der Waals surface area contributed by atoms with Gasteiger partial charge in [0.15, 0.2) is 0 Å². The summed E-state index contributed by atoms with van der Waals surface area (Å²) in [6.45, 7) is 0.845. The minimum atomic E-state index is 0.623. The summed E-state index contributed by atoms with van der Waals surface area (Å²) in [5.74, 6) is 1.28. The lowest BCUT2D eigenvalue weighted by Gasteiger charge is -2.01. The van der Waals surface area contributed by atoms with E-state index in [-0.39, 0.29) is 0 Å². The van der Waals surface area contributed by atoms with E-state index >= 15 is 0 Å². The lowest BCUT2D eigenvalue weighted by Crippen LogP contribution is -2.06. The number of thiazole rings is 1. The highest BCUT2D eigenvalue weighted by Gasteiger charge is 2.23. The highest BCUT2D eigenvalue weighted by Crippen LogP contribution is 2.44. The van der Waals surface area contributed by atoms with E-state index in [1.165, 1.54) is 39.7 Å². The van der Waals surface area contributed by atoms with Crippen LogP contribution in [0.1, 0.15) is 28.8 Å². The van der Waals surface area contributed by atoms with Crippen LogP contribution >= 0.6 is 23.1 Å². The predicted molar refractivity (Wildman–Crippen MR) is 84.7 cm³/mol. The number of nitrogens with zero attached hydrogens (tertiary/aromatic N) is 1. The second-order valence-electron chi connectivity index (χ2n) is 4.73. The third-order valence-corrected chi connectivity index (χ3v) is 6.09. The van der Waals surface area contributed by atoms with E-state index < -0.39 is 0 Å². The van der Waals surface area contributed by atoms with Gasteiger partial charge in [-0.1, -0.05) is 30.3 Å². The van der Waals surface area contributed by atoms with Crippen molar-refractivity contribution < 1.29 is 0 Å². The molecule has 1 aromatic heterocycles. The summed E-state index contributed by atoms with van der Waals surface area (Å²) < 4.78 is 0. The number of nitrogens with one attached hydrogen (secondary N) is 1. The molecular weight excluding hydrogens is 272 g/mol. The molecule has 1 aliphatic rings. The molecule has 0 spiro atoms. The van der Waals surface area contributed by atoms with Crippen molar-refractivity contribution in [1.82, 2.24) is 10.3 Å². The van der Waals surface area contributed by atoms with Crippen molar-refractivity contribution in [3.8, 4) is 10.4 Å². The zero-order valence-electron chi connectivity index (χ0n) is 11.1. The van der Waals surface area contributed by atoms with Crippen molar-refractivity contribution in [2.75, 3.05) is 12.8 Å². The van der Waals surface area contributed by atoms with Gasteiger partial charge in [0.2, 0.25) is 0 Å². The Labute approximate surface area is 122 Å². The molecule has 2 nitrogen and oxygen atoms in total. The maximum absolute atomic E-state index is 4.89. The van der Waals surface area contributed by atoms with E-state index in [0.29, 0.717) is 5.25 Å². The van der Waals surface area contributed by atoms with Gasteiger partial charge in [-0.15, -0.1) is 11.3 Å². The lowest BCUT2D eigenvalue weighted by atomic mass is 10.1. The van der Waals surface area contributed by atoms with Gasteiger partial charge in [-0.05, 0) is 31.2 Å². The van der Waals surface area contributed by atoms with E-state index in [4.69, 9.17) is 4.98 Å². The molecule has 2 heterocycles. The summed E-state index contributed by atoms with van der Waals surface area (Å²) in [7, 11) is 1.98. The molecule has 1 aromatic carbocycles. The Hall–Kier alpha value is -0.840. The molecule has 100 valence electrons. The number of thioether (sulfide) groups is 1. The summed E-state index contributed by atoms with van der Waals surface area (Å²) in [5.41, 5.74) is 2.49. The molecule has 0 radical (unpaired) electrons. The molecule has 3 rings (SSSR count). The SMILES string of the molecule is CNCc1nc(C2CCCS2)sc1-c1ccccc1. The van der Waals surface area contributed by atoms with Gasteiger partial charge >= 0.3 is 0 Å². The van der Waals surface area contributed by atoms with E-state index in [0.717, 1.165) is 6.54 Å². The van der Waals surface area contributed by atoms with E-state index in [1.807, 2.05) is 18.4 Å². The summed E-state index contributed by atoms with van der Waals surface area (Å²) in [5, 5.41) is 5.17. The Bertz CT molecular complexity index is 530. The minimum Gasteiger partial charge on any atom is -0.314 e. The van der Waals surface area contributed by atoms with Crippen molar-refractivity contribution in [1.29, 1.82) is 0 Å². The average Bonchev–Trinajstić information content (AvgIpc) is 3.08. The smallest absolute Gasteiger partial charge is 0.107 e. The molecule has 1 fully saturated rings. The normalized spacial score (nSPS) is 18.9. The predicted octanol–water partition coefficient (Wildman–Crippen LogP) is 4.10. The molecule has 1 N–H and O–H groups in total. The van der Waals surface area contributed by atoms with Gasteiger partial charge in [-0.25, -0.2) is 4.98 Å². The fraction of sp³-hybridized carbons (Fsp3) is 0.400. The third kappa shape index (κ3) is 2.86. The van der Waals surface area contributed by atoms with Crippen LogP contribution in [0.4, 0.5) is 0 Å². The third-order valence-electron chi connectivity index (χ3n) is 3.30. The van der Waals surface area contributed by atoms with E-state index in [2.05, 4.69) is 47.4 Å². The molecule has 0 aliphatic carbocycles. The number of hydrogen-bond donors (Lipinski definition) is 1. The van der Waals surface area contributed by atoms with Crippen LogP contribution in [-0.4, -0.2) is 17.8 Å². The Morgan fingerprint density at radius 3 is 2.84 bits per heavy atom. The Balaban J connectivity index is 1.97. The van der Waals surface area contributed by atoms with Gasteiger partial charge < -0.3 is 5.32 Å². The summed E-state index contributed by atoms with van der Waals surface area (Å²) >= 11 is 3.94. The monoisotopic (exact) mass is 290 g/mol. The highest BCUT2D eigenvalue weighted by molar-refractivity contribution is 7.99. The molecule has 1 saturated heterocycles. The number of benzene rings is 1. The van der Waals surface area contributed by atoms with Crippen LogP contribution in [0.15, 0.2) is 30.3 Å². The summed E-state index contributed by atoms with van der Waals surface area (Å²) in [4.78, 5) is 6.22. The van der Waals surface area contributed by atoms with Crippen LogP contribution < -0.4 is 5.32 Å². The zero-order chi connectivity index (χ0) is 13.1. The second-order valence-corrected chi connectivity index (χ2v) is 7.07. The number of rotatable bonds is 4. The van der Waals surface area contributed by atoms with Gasteiger partial charge in [0.25, 0.3) is 0 Å². The van der Waals surface area contributed by atoms with Crippen molar-refractivity contribution in [2.45, 2.75) is 24.6 Å². The van der Waals surface area contributed by atoms with Gasteiger partial charge in [0.1, 0.15) is 5.01 Å². The molecule has 4 heteroatoms. The molecule has 2 aromatic rings. The molecule has 1 aliphatic heterocycles. The second kappa shape index (κ2) is 6.07. The largest absolute Gasteiger partial charge is 0.314 e.